The van der Waals surface area contributed by atoms with Crippen LogP contribution in [0.25, 0.3) is 0 Å². The molecule has 0 aromatic heterocycles. The first-order valence-electron chi connectivity index (χ1n) is 4.05. The van der Waals surface area contributed by atoms with Crippen LogP contribution in [0.5, 0.6) is 0 Å². The smallest absolute Gasteiger partial charge is 0.184 e. The molecule has 62 valence electrons. The summed E-state index contributed by atoms with van der Waals surface area (Å²) in [6, 6.07) is -0.139. The summed E-state index contributed by atoms with van der Waals surface area (Å²) in [5.74, 6) is 0.131. The number of hydrogen-bond acceptors (Lipinski definition) is 3. The molecule has 0 spiro atoms. The van der Waals surface area contributed by atoms with Crippen LogP contribution in [0.2, 0.25) is 0 Å². The summed E-state index contributed by atoms with van der Waals surface area (Å²) in [7, 11) is 0. The van der Waals surface area contributed by atoms with Crippen molar-refractivity contribution in [1.82, 2.24) is 4.90 Å². The highest BCUT2D eigenvalue weighted by Crippen LogP contribution is 2.21. The fourth-order valence-corrected chi connectivity index (χ4v) is 1.49. The minimum absolute atomic E-state index is 0.131. The first-order valence-corrected chi connectivity index (χ1v) is 4.05. The van der Waals surface area contributed by atoms with E-state index in [2.05, 4.69) is 4.99 Å². The molecule has 0 aromatic carbocycles. The Morgan fingerprint density at radius 1 is 1.67 bits per heavy atom. The quantitative estimate of drug-likeness (QED) is 0.569. The van der Waals surface area contributed by atoms with Crippen LogP contribution in [0.15, 0.2) is 28.9 Å². The summed E-state index contributed by atoms with van der Waals surface area (Å²) >= 11 is 0. The highest BCUT2D eigenvalue weighted by atomic mass is 16.1. The lowest BCUT2D eigenvalue weighted by molar-refractivity contribution is -0.117. The van der Waals surface area contributed by atoms with E-state index in [4.69, 9.17) is 0 Å². The van der Waals surface area contributed by atoms with Crippen LogP contribution in [0.4, 0.5) is 0 Å². The van der Waals surface area contributed by atoms with Gasteiger partial charge in [0.1, 0.15) is 6.04 Å². The molecule has 0 amide bonds. The summed E-state index contributed by atoms with van der Waals surface area (Å²) < 4.78 is 0. The second kappa shape index (κ2) is 2.59. The first-order chi connectivity index (χ1) is 5.83. The van der Waals surface area contributed by atoms with E-state index in [1.807, 2.05) is 17.9 Å². The maximum atomic E-state index is 11.4. The van der Waals surface area contributed by atoms with E-state index >= 15 is 0 Å². The predicted molar refractivity (Wildman–Crippen MR) is 46.9 cm³/mol. The van der Waals surface area contributed by atoms with E-state index in [1.54, 1.807) is 18.5 Å². The molecule has 1 aliphatic heterocycles. The van der Waals surface area contributed by atoms with E-state index in [-0.39, 0.29) is 11.8 Å². The van der Waals surface area contributed by atoms with Crippen molar-refractivity contribution in [3.8, 4) is 0 Å². The second-order valence-corrected chi connectivity index (χ2v) is 2.83. The van der Waals surface area contributed by atoms with Crippen molar-refractivity contribution in [2.24, 2.45) is 4.99 Å². The lowest BCUT2D eigenvalue weighted by Gasteiger charge is -2.21. The molecule has 3 heteroatoms. The fraction of sp³-hybridized carbons (Fsp3) is 0.333. The monoisotopic (exact) mass is 162 g/mol. The number of rotatable bonds is 1. The number of likely N-dealkylation sites (N-methyl/N-ethyl adjacent to an activating group) is 1. The molecule has 1 heterocycles. The van der Waals surface area contributed by atoms with Crippen LogP contribution in [0, 0.1) is 0 Å². The van der Waals surface area contributed by atoms with E-state index < -0.39 is 0 Å². The van der Waals surface area contributed by atoms with Gasteiger partial charge >= 0.3 is 0 Å². The van der Waals surface area contributed by atoms with Gasteiger partial charge in [0, 0.05) is 6.54 Å². The standard InChI is InChI=1S/C9H10N2O/c1-2-11-6-10-7-4-3-5-8(12)9(7)11/h3-6,9H,2H2,1H3. The Bertz CT molecular complexity index is 302. The maximum Gasteiger partial charge on any atom is 0.184 e. The zero-order valence-electron chi connectivity index (χ0n) is 6.90. The topological polar surface area (TPSA) is 32.7 Å². The molecule has 0 bridgehead atoms. The van der Waals surface area contributed by atoms with Gasteiger partial charge in [-0.25, -0.2) is 4.99 Å². The number of ketones is 1. The molecule has 0 radical (unpaired) electrons. The molecule has 3 nitrogen and oxygen atoms in total. The van der Waals surface area contributed by atoms with E-state index in [0.29, 0.717) is 0 Å². The van der Waals surface area contributed by atoms with Crippen molar-refractivity contribution >= 4 is 12.1 Å². The molecular weight excluding hydrogens is 152 g/mol. The van der Waals surface area contributed by atoms with Crippen LogP contribution >= 0.6 is 0 Å². The van der Waals surface area contributed by atoms with Gasteiger partial charge in [-0.15, -0.1) is 0 Å². The largest absolute Gasteiger partial charge is 0.347 e. The van der Waals surface area contributed by atoms with Crippen molar-refractivity contribution in [2.75, 3.05) is 6.54 Å². The lowest BCUT2D eigenvalue weighted by Crippen LogP contribution is -2.37. The maximum absolute atomic E-state index is 11.4. The second-order valence-electron chi connectivity index (χ2n) is 2.83. The van der Waals surface area contributed by atoms with Crippen molar-refractivity contribution in [2.45, 2.75) is 13.0 Å². The number of fused-ring (bicyclic) bond motifs is 1. The van der Waals surface area contributed by atoms with Crippen molar-refractivity contribution in [3.05, 3.63) is 23.9 Å². The number of carbonyl (C=O) groups is 1. The summed E-state index contributed by atoms with van der Waals surface area (Å²) in [5, 5.41) is 0. The zero-order chi connectivity index (χ0) is 8.55. The van der Waals surface area contributed by atoms with Gasteiger partial charge in [0.25, 0.3) is 0 Å². The summed E-state index contributed by atoms with van der Waals surface area (Å²) in [6.07, 6.45) is 6.98. The summed E-state index contributed by atoms with van der Waals surface area (Å²) in [4.78, 5) is 17.5. The molecule has 2 rings (SSSR count). The Labute approximate surface area is 71.1 Å². The number of hydrogen-bond donors (Lipinski definition) is 0. The highest BCUT2D eigenvalue weighted by molar-refractivity contribution is 6.00. The average Bonchev–Trinajstić information content (AvgIpc) is 2.49. The van der Waals surface area contributed by atoms with Gasteiger partial charge in [0.05, 0.1) is 12.0 Å². The van der Waals surface area contributed by atoms with E-state index in [9.17, 15) is 4.79 Å². The van der Waals surface area contributed by atoms with Gasteiger partial charge in [-0.3, -0.25) is 4.79 Å². The Morgan fingerprint density at radius 3 is 3.25 bits per heavy atom. The number of allylic oxidation sites excluding steroid dienone is 2. The number of carbonyl (C=O) groups excluding carboxylic acids is 1. The van der Waals surface area contributed by atoms with Gasteiger partial charge in [0.15, 0.2) is 5.78 Å². The molecule has 0 fully saturated rings. The number of aliphatic imine (C=N–C) groups is 1. The van der Waals surface area contributed by atoms with Crippen molar-refractivity contribution < 1.29 is 4.79 Å². The Kier molecular flexibility index (Phi) is 1.57. The molecule has 2 aliphatic rings. The SMILES string of the molecule is CCN1C=NC2=CC=CC(=O)C21. The lowest BCUT2D eigenvalue weighted by atomic mass is 10.0. The van der Waals surface area contributed by atoms with Crippen LogP contribution in [-0.4, -0.2) is 29.6 Å². The molecular formula is C9H10N2O. The van der Waals surface area contributed by atoms with E-state index in [1.165, 1.54) is 0 Å². The van der Waals surface area contributed by atoms with Gasteiger partial charge in [-0.2, -0.15) is 0 Å². The third kappa shape index (κ3) is 0.897. The van der Waals surface area contributed by atoms with Crippen LogP contribution in [0.1, 0.15) is 6.92 Å². The molecule has 12 heavy (non-hydrogen) atoms. The van der Waals surface area contributed by atoms with Crippen LogP contribution < -0.4 is 0 Å². The molecule has 0 aromatic rings. The normalized spacial score (nSPS) is 26.1. The Hall–Kier alpha value is -1.38. The minimum Gasteiger partial charge on any atom is -0.347 e. The Morgan fingerprint density at radius 2 is 2.50 bits per heavy atom. The summed E-state index contributed by atoms with van der Waals surface area (Å²) in [5.41, 5.74) is 0.865. The average molecular weight is 162 g/mol. The van der Waals surface area contributed by atoms with Crippen LogP contribution in [-0.2, 0) is 4.79 Å². The molecule has 1 unspecified atom stereocenters. The van der Waals surface area contributed by atoms with Gasteiger partial charge < -0.3 is 4.90 Å². The third-order valence-electron chi connectivity index (χ3n) is 2.13. The third-order valence-corrected chi connectivity index (χ3v) is 2.13. The van der Waals surface area contributed by atoms with Crippen molar-refractivity contribution in [3.63, 3.8) is 0 Å². The first kappa shape index (κ1) is 7.28. The van der Waals surface area contributed by atoms with Gasteiger partial charge in [0.2, 0.25) is 0 Å². The summed E-state index contributed by atoms with van der Waals surface area (Å²) in [6.45, 7) is 2.84. The van der Waals surface area contributed by atoms with Gasteiger partial charge in [-0.05, 0) is 19.1 Å². The molecule has 1 atom stereocenters. The Balaban J connectivity index is 2.33. The van der Waals surface area contributed by atoms with Crippen molar-refractivity contribution in [1.29, 1.82) is 0 Å². The van der Waals surface area contributed by atoms with Crippen LogP contribution in [0.3, 0.4) is 0 Å². The number of nitrogens with zero attached hydrogens (tertiary/aromatic N) is 2. The molecule has 0 saturated heterocycles. The minimum atomic E-state index is -0.139. The predicted octanol–water partition coefficient (Wildman–Crippen LogP) is 0.742. The molecule has 0 saturated carbocycles. The highest BCUT2D eigenvalue weighted by Gasteiger charge is 2.30. The molecule has 1 aliphatic carbocycles. The molecule has 0 N–H and O–H groups in total. The fourth-order valence-electron chi connectivity index (χ4n) is 1.49. The van der Waals surface area contributed by atoms with E-state index in [0.717, 1.165) is 12.2 Å². The zero-order valence-corrected chi connectivity index (χ0v) is 6.90. The van der Waals surface area contributed by atoms with Gasteiger partial charge in [-0.1, -0.05) is 6.08 Å².